The normalized spacial score (nSPS) is 10.3. The Kier molecular flexibility index (Phi) is 3.38. The van der Waals surface area contributed by atoms with Gasteiger partial charge in [-0.25, -0.2) is 4.98 Å². The van der Waals surface area contributed by atoms with E-state index < -0.39 is 0 Å². The number of aryl methyl sites for hydroxylation is 1. The lowest BCUT2D eigenvalue weighted by molar-refractivity contribution is 0.302. The van der Waals surface area contributed by atoms with Gasteiger partial charge in [0.05, 0.1) is 5.69 Å². The molecule has 0 aliphatic rings. The summed E-state index contributed by atoms with van der Waals surface area (Å²) in [7, 11) is 0. The first-order valence-corrected chi connectivity index (χ1v) is 6.21. The molecule has 15 heavy (non-hydrogen) atoms. The molecule has 78 valence electrons. The van der Waals surface area contributed by atoms with Gasteiger partial charge in [0.25, 0.3) is 0 Å². The molecule has 0 unspecified atom stereocenters. The fourth-order valence-electron chi connectivity index (χ4n) is 1.14. The molecule has 1 aromatic heterocycles. The summed E-state index contributed by atoms with van der Waals surface area (Å²) >= 11 is 4.89. The van der Waals surface area contributed by atoms with Gasteiger partial charge in [-0.1, -0.05) is 17.7 Å². The van der Waals surface area contributed by atoms with Gasteiger partial charge in [0.15, 0.2) is 3.92 Å². The molecule has 0 bridgehead atoms. The molecule has 1 aromatic carbocycles. The highest BCUT2D eigenvalue weighted by molar-refractivity contribution is 9.11. The van der Waals surface area contributed by atoms with Crippen LogP contribution < -0.4 is 4.74 Å². The Hall–Kier alpha value is -0.870. The Balaban J connectivity index is 1.96. The highest BCUT2D eigenvalue weighted by Crippen LogP contribution is 2.18. The summed E-state index contributed by atoms with van der Waals surface area (Å²) in [5, 5.41) is 1.98. The van der Waals surface area contributed by atoms with Crippen LogP contribution in [0.15, 0.2) is 33.6 Å². The zero-order chi connectivity index (χ0) is 10.7. The molecule has 0 aliphatic heterocycles. The quantitative estimate of drug-likeness (QED) is 0.855. The molecule has 0 atom stereocenters. The first-order chi connectivity index (χ1) is 7.24. The number of hydrogen-bond donors (Lipinski definition) is 0. The van der Waals surface area contributed by atoms with Gasteiger partial charge in [-0.05, 0) is 35.0 Å². The van der Waals surface area contributed by atoms with E-state index in [0.717, 1.165) is 15.4 Å². The Morgan fingerprint density at radius 3 is 2.67 bits per heavy atom. The second kappa shape index (κ2) is 4.77. The summed E-state index contributed by atoms with van der Waals surface area (Å²) in [6.45, 7) is 2.58. The third kappa shape index (κ3) is 3.04. The largest absolute Gasteiger partial charge is 0.487 e. The number of halogens is 1. The van der Waals surface area contributed by atoms with Crippen molar-refractivity contribution >= 4 is 27.3 Å². The Morgan fingerprint density at radius 1 is 1.33 bits per heavy atom. The Morgan fingerprint density at radius 2 is 2.07 bits per heavy atom. The third-order valence-electron chi connectivity index (χ3n) is 1.93. The van der Waals surface area contributed by atoms with Gasteiger partial charge >= 0.3 is 0 Å². The fourth-order valence-corrected chi connectivity index (χ4v) is 2.17. The molecular formula is C11H10BrNOS. The maximum atomic E-state index is 5.58. The van der Waals surface area contributed by atoms with Gasteiger partial charge in [-0.3, -0.25) is 0 Å². The van der Waals surface area contributed by atoms with Crippen LogP contribution in [-0.4, -0.2) is 4.98 Å². The molecule has 0 amide bonds. The summed E-state index contributed by atoms with van der Waals surface area (Å²) in [5.41, 5.74) is 2.19. The molecule has 0 aliphatic carbocycles. The molecule has 0 radical (unpaired) electrons. The number of benzene rings is 1. The molecule has 0 N–H and O–H groups in total. The summed E-state index contributed by atoms with van der Waals surface area (Å²) in [6, 6.07) is 8.01. The van der Waals surface area contributed by atoms with Crippen LogP contribution in [0.3, 0.4) is 0 Å². The average molecular weight is 284 g/mol. The molecule has 1 heterocycles. The lowest BCUT2D eigenvalue weighted by Crippen LogP contribution is -1.95. The van der Waals surface area contributed by atoms with Crippen molar-refractivity contribution in [1.29, 1.82) is 0 Å². The topological polar surface area (TPSA) is 22.1 Å². The van der Waals surface area contributed by atoms with Crippen LogP contribution in [0.5, 0.6) is 5.75 Å². The molecular weight excluding hydrogens is 274 g/mol. The molecule has 2 nitrogen and oxygen atoms in total. The van der Waals surface area contributed by atoms with E-state index in [1.54, 1.807) is 11.3 Å². The smallest absolute Gasteiger partial charge is 0.159 e. The molecule has 0 fully saturated rings. The highest BCUT2D eigenvalue weighted by Gasteiger charge is 2.00. The van der Waals surface area contributed by atoms with Gasteiger partial charge < -0.3 is 4.74 Å². The van der Waals surface area contributed by atoms with E-state index in [0.29, 0.717) is 6.61 Å². The SMILES string of the molecule is Cc1ccc(OCc2csc(Br)n2)cc1. The van der Waals surface area contributed by atoms with E-state index >= 15 is 0 Å². The second-order valence-corrected chi connectivity index (χ2v) is 5.33. The van der Waals surface area contributed by atoms with Gasteiger partial charge in [-0.15, -0.1) is 11.3 Å². The summed E-state index contributed by atoms with van der Waals surface area (Å²) in [6.07, 6.45) is 0. The standard InChI is InChI=1S/C11H10BrNOS/c1-8-2-4-10(5-3-8)14-6-9-7-15-11(12)13-9/h2-5,7H,6H2,1H3. The zero-order valence-electron chi connectivity index (χ0n) is 8.24. The molecule has 0 saturated carbocycles. The van der Waals surface area contributed by atoms with Crippen molar-refractivity contribution in [3.8, 4) is 5.75 Å². The van der Waals surface area contributed by atoms with E-state index in [1.165, 1.54) is 5.56 Å². The van der Waals surface area contributed by atoms with Crippen molar-refractivity contribution in [2.45, 2.75) is 13.5 Å². The number of hydrogen-bond acceptors (Lipinski definition) is 3. The van der Waals surface area contributed by atoms with Gasteiger partial charge in [0, 0.05) is 5.38 Å². The number of rotatable bonds is 3. The predicted molar refractivity (Wildman–Crippen MR) is 65.3 cm³/mol. The summed E-state index contributed by atoms with van der Waals surface area (Å²) in [4.78, 5) is 4.25. The maximum absolute atomic E-state index is 5.58. The molecule has 0 saturated heterocycles. The van der Waals surface area contributed by atoms with E-state index in [9.17, 15) is 0 Å². The van der Waals surface area contributed by atoms with Crippen molar-refractivity contribution < 1.29 is 4.74 Å². The lowest BCUT2D eigenvalue weighted by atomic mass is 10.2. The first-order valence-electron chi connectivity index (χ1n) is 4.53. The van der Waals surface area contributed by atoms with Crippen LogP contribution >= 0.6 is 27.3 Å². The molecule has 4 heteroatoms. The van der Waals surface area contributed by atoms with Crippen molar-refractivity contribution in [2.75, 3.05) is 0 Å². The summed E-state index contributed by atoms with van der Waals surface area (Å²) < 4.78 is 6.48. The highest BCUT2D eigenvalue weighted by atomic mass is 79.9. The monoisotopic (exact) mass is 283 g/mol. The van der Waals surface area contributed by atoms with Crippen molar-refractivity contribution in [3.63, 3.8) is 0 Å². The first kappa shape index (κ1) is 10.6. The van der Waals surface area contributed by atoms with Crippen LogP contribution in [0.2, 0.25) is 0 Å². The van der Waals surface area contributed by atoms with Gasteiger partial charge in [-0.2, -0.15) is 0 Å². The number of thiazole rings is 1. The minimum Gasteiger partial charge on any atom is -0.487 e. The van der Waals surface area contributed by atoms with Crippen molar-refractivity contribution in [1.82, 2.24) is 4.98 Å². The minimum absolute atomic E-state index is 0.519. The second-order valence-electron chi connectivity index (χ2n) is 3.19. The van der Waals surface area contributed by atoms with Crippen molar-refractivity contribution in [2.24, 2.45) is 0 Å². The number of nitrogens with zero attached hydrogens (tertiary/aromatic N) is 1. The number of ether oxygens (including phenoxy) is 1. The van der Waals surface area contributed by atoms with Gasteiger partial charge in [0.1, 0.15) is 12.4 Å². The van der Waals surface area contributed by atoms with E-state index in [-0.39, 0.29) is 0 Å². The predicted octanol–water partition coefficient (Wildman–Crippen LogP) is 3.79. The van der Waals surface area contributed by atoms with Crippen molar-refractivity contribution in [3.05, 3.63) is 44.8 Å². The van der Waals surface area contributed by atoms with Gasteiger partial charge in [0.2, 0.25) is 0 Å². The van der Waals surface area contributed by atoms with Crippen LogP contribution in [0, 0.1) is 6.92 Å². The van der Waals surface area contributed by atoms with Crippen LogP contribution in [0.4, 0.5) is 0 Å². The maximum Gasteiger partial charge on any atom is 0.159 e. The zero-order valence-corrected chi connectivity index (χ0v) is 10.6. The summed E-state index contributed by atoms with van der Waals surface area (Å²) in [5.74, 6) is 0.879. The Bertz CT molecular complexity index is 438. The van der Waals surface area contributed by atoms with Crippen LogP contribution in [0.25, 0.3) is 0 Å². The van der Waals surface area contributed by atoms with Crippen LogP contribution in [-0.2, 0) is 6.61 Å². The lowest BCUT2D eigenvalue weighted by Gasteiger charge is -2.03. The van der Waals surface area contributed by atoms with E-state index in [2.05, 4.69) is 27.8 Å². The Labute approximate surface area is 101 Å². The molecule has 0 spiro atoms. The fraction of sp³-hybridized carbons (Fsp3) is 0.182. The minimum atomic E-state index is 0.519. The van der Waals surface area contributed by atoms with E-state index in [1.807, 2.05) is 29.6 Å². The third-order valence-corrected chi connectivity index (χ3v) is 3.35. The number of aromatic nitrogens is 1. The molecule has 2 rings (SSSR count). The molecule has 2 aromatic rings. The van der Waals surface area contributed by atoms with Crippen LogP contribution in [0.1, 0.15) is 11.3 Å². The van der Waals surface area contributed by atoms with E-state index in [4.69, 9.17) is 4.74 Å². The average Bonchev–Trinajstić information content (AvgIpc) is 2.64.